The Morgan fingerprint density at radius 1 is 1.14 bits per heavy atom. The van der Waals surface area contributed by atoms with E-state index < -0.39 is 10.0 Å². The molecule has 1 aliphatic rings. The van der Waals surface area contributed by atoms with Crippen molar-refractivity contribution in [3.63, 3.8) is 0 Å². The van der Waals surface area contributed by atoms with E-state index in [1.807, 2.05) is 24.1 Å². The zero-order valence-electron chi connectivity index (χ0n) is 15.6. The maximum absolute atomic E-state index is 12.4. The number of hydrogen-bond acceptors (Lipinski definition) is 3. The van der Waals surface area contributed by atoms with Crippen molar-refractivity contribution in [2.45, 2.75) is 30.6 Å². The van der Waals surface area contributed by atoms with Crippen molar-refractivity contribution in [3.8, 4) is 0 Å². The van der Waals surface area contributed by atoms with Gasteiger partial charge in [0.25, 0.3) is 10.0 Å². The number of carbonyl (C=O) groups is 1. The fraction of sp³-hybridized carbons (Fsp3) is 0.300. The van der Waals surface area contributed by atoms with Crippen molar-refractivity contribution in [2.24, 2.45) is 4.40 Å². The third-order valence-electron chi connectivity index (χ3n) is 4.55. The lowest BCUT2D eigenvalue weighted by Crippen LogP contribution is -2.20. The van der Waals surface area contributed by atoms with Gasteiger partial charge in [0.2, 0.25) is 5.91 Å². The van der Waals surface area contributed by atoms with Crippen molar-refractivity contribution < 1.29 is 13.2 Å². The molecule has 1 amide bonds. The third kappa shape index (κ3) is 5.33. The number of anilines is 1. The molecule has 0 radical (unpaired) electrons. The van der Waals surface area contributed by atoms with E-state index in [1.54, 1.807) is 24.3 Å². The first-order chi connectivity index (χ1) is 13.3. The van der Waals surface area contributed by atoms with Gasteiger partial charge in [-0.05, 0) is 54.8 Å². The zero-order valence-corrected chi connectivity index (χ0v) is 17.1. The van der Waals surface area contributed by atoms with Gasteiger partial charge in [0.1, 0.15) is 5.84 Å². The Morgan fingerprint density at radius 3 is 2.43 bits per heavy atom. The minimum Gasteiger partial charge on any atom is -0.362 e. The second-order valence-corrected chi connectivity index (χ2v) is 8.75. The van der Waals surface area contributed by atoms with E-state index >= 15 is 0 Å². The molecule has 148 valence electrons. The van der Waals surface area contributed by atoms with Gasteiger partial charge in [-0.2, -0.15) is 8.42 Å². The van der Waals surface area contributed by atoms with E-state index in [2.05, 4.69) is 9.71 Å². The highest BCUT2D eigenvalue weighted by Crippen LogP contribution is 2.19. The van der Waals surface area contributed by atoms with Crippen LogP contribution in [-0.4, -0.2) is 38.7 Å². The summed E-state index contributed by atoms with van der Waals surface area (Å²) in [7, 11) is -1.91. The standard InChI is InChI=1S/C20H22ClN3O3S/c1-24-14-2-3-19(24)23-28(26,27)18-11-9-17(10-12-18)22-20(25)13-6-15-4-7-16(21)8-5-15/h4-5,7-12H,2-3,6,13-14H2,1H3,(H,22,25)/b23-19-. The third-order valence-corrected chi connectivity index (χ3v) is 6.12. The molecule has 0 saturated carbocycles. The van der Waals surface area contributed by atoms with Crippen LogP contribution in [0.4, 0.5) is 5.69 Å². The average molecular weight is 420 g/mol. The molecule has 1 N–H and O–H groups in total. The van der Waals surface area contributed by atoms with Crippen LogP contribution >= 0.6 is 11.6 Å². The lowest BCUT2D eigenvalue weighted by atomic mass is 10.1. The number of aryl methyl sites for hydroxylation is 1. The first-order valence-corrected chi connectivity index (χ1v) is 10.8. The van der Waals surface area contributed by atoms with Crippen molar-refractivity contribution in [2.75, 3.05) is 18.9 Å². The summed E-state index contributed by atoms with van der Waals surface area (Å²) in [5, 5.41) is 3.44. The fourth-order valence-corrected chi connectivity index (χ4v) is 4.16. The summed E-state index contributed by atoms with van der Waals surface area (Å²) >= 11 is 5.85. The summed E-state index contributed by atoms with van der Waals surface area (Å²) in [5.41, 5.74) is 1.57. The molecule has 28 heavy (non-hydrogen) atoms. The van der Waals surface area contributed by atoms with E-state index in [0.717, 1.165) is 18.5 Å². The van der Waals surface area contributed by atoms with Gasteiger partial charge in [-0.25, -0.2) is 0 Å². The second-order valence-electron chi connectivity index (χ2n) is 6.71. The van der Waals surface area contributed by atoms with Crippen LogP contribution < -0.4 is 5.32 Å². The molecule has 0 atom stereocenters. The second kappa shape index (κ2) is 8.75. The van der Waals surface area contributed by atoms with Crippen LogP contribution in [0.1, 0.15) is 24.8 Å². The number of amides is 1. The summed E-state index contributed by atoms with van der Waals surface area (Å²) in [4.78, 5) is 14.1. The Bertz CT molecular complexity index is 971. The Kier molecular flexibility index (Phi) is 6.36. The van der Waals surface area contributed by atoms with E-state index in [4.69, 9.17) is 11.6 Å². The maximum Gasteiger partial charge on any atom is 0.283 e. The number of sulfonamides is 1. The molecule has 6 nitrogen and oxygen atoms in total. The molecule has 0 aliphatic carbocycles. The molecule has 0 spiro atoms. The van der Waals surface area contributed by atoms with Gasteiger partial charge >= 0.3 is 0 Å². The van der Waals surface area contributed by atoms with Crippen LogP contribution in [0.2, 0.25) is 5.02 Å². The molecule has 8 heteroatoms. The van der Waals surface area contributed by atoms with Crippen LogP contribution in [0.25, 0.3) is 0 Å². The molecule has 3 rings (SSSR count). The van der Waals surface area contributed by atoms with Crippen LogP contribution in [-0.2, 0) is 21.2 Å². The SMILES string of the molecule is CN1CCC/C1=N/S(=O)(=O)c1ccc(NC(=O)CCc2ccc(Cl)cc2)cc1. The molecule has 0 aromatic heterocycles. The van der Waals surface area contributed by atoms with E-state index in [1.165, 1.54) is 12.1 Å². The number of hydrogen-bond donors (Lipinski definition) is 1. The van der Waals surface area contributed by atoms with Gasteiger partial charge in [0.15, 0.2) is 0 Å². The number of carbonyl (C=O) groups excluding carboxylic acids is 1. The molecule has 1 fully saturated rings. The number of halogens is 1. The van der Waals surface area contributed by atoms with Crippen molar-refractivity contribution in [1.82, 2.24) is 4.90 Å². The predicted molar refractivity (Wildman–Crippen MR) is 111 cm³/mol. The van der Waals surface area contributed by atoms with Gasteiger partial charge in [-0.15, -0.1) is 4.40 Å². The Morgan fingerprint density at radius 2 is 1.82 bits per heavy atom. The predicted octanol–water partition coefficient (Wildman–Crippen LogP) is 3.72. The highest BCUT2D eigenvalue weighted by atomic mass is 35.5. The minimum absolute atomic E-state index is 0.111. The Hall–Kier alpha value is -2.38. The molecule has 0 bridgehead atoms. The normalized spacial score (nSPS) is 15.8. The highest BCUT2D eigenvalue weighted by molar-refractivity contribution is 7.90. The number of rotatable bonds is 6. The van der Waals surface area contributed by atoms with Crippen LogP contribution in [0.3, 0.4) is 0 Å². The molecule has 1 aliphatic heterocycles. The fourth-order valence-electron chi connectivity index (χ4n) is 2.94. The summed E-state index contributed by atoms with van der Waals surface area (Å²) in [6.45, 7) is 0.815. The quantitative estimate of drug-likeness (QED) is 0.773. The van der Waals surface area contributed by atoms with Crippen LogP contribution in [0, 0.1) is 0 Å². The minimum atomic E-state index is -3.75. The number of nitrogens with one attached hydrogen (secondary N) is 1. The Balaban J connectivity index is 1.59. The van der Waals surface area contributed by atoms with E-state index in [-0.39, 0.29) is 10.8 Å². The smallest absolute Gasteiger partial charge is 0.283 e. The van der Waals surface area contributed by atoms with Gasteiger partial charge in [0, 0.05) is 37.1 Å². The van der Waals surface area contributed by atoms with E-state index in [0.29, 0.717) is 35.8 Å². The van der Waals surface area contributed by atoms with E-state index in [9.17, 15) is 13.2 Å². The van der Waals surface area contributed by atoms with Gasteiger partial charge < -0.3 is 10.2 Å². The maximum atomic E-state index is 12.4. The first kappa shape index (κ1) is 20.4. The monoisotopic (exact) mass is 419 g/mol. The molecular weight excluding hydrogens is 398 g/mol. The van der Waals surface area contributed by atoms with Gasteiger partial charge in [0.05, 0.1) is 4.90 Å². The topological polar surface area (TPSA) is 78.8 Å². The summed E-state index contributed by atoms with van der Waals surface area (Å²) < 4.78 is 28.8. The molecular formula is C20H22ClN3O3S. The average Bonchev–Trinajstić information content (AvgIpc) is 3.06. The number of nitrogens with zero attached hydrogens (tertiary/aromatic N) is 2. The molecule has 2 aromatic carbocycles. The van der Waals surface area contributed by atoms with Crippen molar-refractivity contribution in [1.29, 1.82) is 0 Å². The molecule has 0 unspecified atom stereocenters. The molecule has 2 aromatic rings. The summed E-state index contributed by atoms with van der Waals surface area (Å²) in [6.07, 6.45) is 2.49. The lowest BCUT2D eigenvalue weighted by molar-refractivity contribution is -0.116. The van der Waals surface area contributed by atoms with Crippen LogP contribution in [0.15, 0.2) is 57.8 Å². The molecule has 1 saturated heterocycles. The van der Waals surface area contributed by atoms with Crippen molar-refractivity contribution in [3.05, 3.63) is 59.1 Å². The largest absolute Gasteiger partial charge is 0.362 e. The highest BCUT2D eigenvalue weighted by Gasteiger charge is 2.20. The zero-order chi connectivity index (χ0) is 20.1. The Labute approximate surface area is 170 Å². The van der Waals surface area contributed by atoms with Crippen LogP contribution in [0.5, 0.6) is 0 Å². The summed E-state index contributed by atoms with van der Waals surface area (Å²) in [5.74, 6) is 0.443. The summed E-state index contributed by atoms with van der Waals surface area (Å²) in [6, 6.07) is 13.4. The number of benzene rings is 2. The molecule has 1 heterocycles. The van der Waals surface area contributed by atoms with Gasteiger partial charge in [-0.1, -0.05) is 23.7 Å². The lowest BCUT2D eigenvalue weighted by Gasteiger charge is -2.11. The number of amidine groups is 1. The first-order valence-electron chi connectivity index (χ1n) is 9.03. The van der Waals surface area contributed by atoms with Crippen molar-refractivity contribution >= 4 is 39.1 Å². The number of likely N-dealkylation sites (tertiary alicyclic amines) is 1. The van der Waals surface area contributed by atoms with Gasteiger partial charge in [-0.3, -0.25) is 4.79 Å².